The molecule has 0 aliphatic carbocycles. The summed E-state index contributed by atoms with van der Waals surface area (Å²) in [4.78, 5) is 0. The quantitative estimate of drug-likeness (QED) is 0.736. The predicted octanol–water partition coefficient (Wildman–Crippen LogP) is 1.82. The van der Waals surface area contributed by atoms with Crippen LogP contribution in [0.25, 0.3) is 0 Å². The summed E-state index contributed by atoms with van der Waals surface area (Å²) < 4.78 is 2.72. The van der Waals surface area contributed by atoms with Gasteiger partial charge in [0, 0.05) is 6.54 Å². The van der Waals surface area contributed by atoms with Gasteiger partial charge >= 0.3 is 0 Å². The van der Waals surface area contributed by atoms with Crippen LogP contribution in [0, 0.1) is 4.77 Å². The van der Waals surface area contributed by atoms with Crippen LogP contribution in [0.4, 0.5) is 0 Å². The second kappa shape index (κ2) is 3.92. The molecule has 0 unspecified atom stereocenters. The third-order valence-electron chi connectivity index (χ3n) is 1.43. The molecule has 1 heterocycles. The summed E-state index contributed by atoms with van der Waals surface area (Å²) >= 11 is 6.77. The fourth-order valence-electron chi connectivity index (χ4n) is 0.916. The van der Waals surface area contributed by atoms with Crippen LogP contribution in [0.15, 0.2) is 0 Å². The molecule has 5 heteroatoms. The van der Waals surface area contributed by atoms with E-state index >= 15 is 0 Å². The first-order chi connectivity index (χ1) is 5.29. The molecule has 0 aliphatic heterocycles. The highest BCUT2D eigenvalue weighted by Crippen LogP contribution is 2.06. The molecule has 0 aromatic carbocycles. The van der Waals surface area contributed by atoms with Crippen molar-refractivity contribution in [1.29, 1.82) is 0 Å². The van der Waals surface area contributed by atoms with E-state index in [4.69, 9.17) is 12.2 Å². The largest absolute Gasteiger partial charge is 0.304 e. The van der Waals surface area contributed by atoms with Crippen LogP contribution in [0.1, 0.15) is 12.7 Å². The minimum atomic E-state index is 0.719. The minimum Gasteiger partial charge on any atom is -0.304 e. The SMILES string of the molecule is CCn1c(CSC)n[nH]c1=S. The molecule has 1 aromatic heterocycles. The molecule has 1 rings (SSSR count). The molecule has 62 valence electrons. The number of aromatic nitrogens is 3. The monoisotopic (exact) mass is 189 g/mol. The summed E-state index contributed by atoms with van der Waals surface area (Å²) in [5.74, 6) is 1.95. The van der Waals surface area contributed by atoms with Crippen molar-refractivity contribution in [2.24, 2.45) is 0 Å². The topological polar surface area (TPSA) is 33.6 Å². The lowest BCUT2D eigenvalue weighted by Gasteiger charge is -1.99. The lowest BCUT2D eigenvalue weighted by atomic mass is 10.6. The average molecular weight is 189 g/mol. The maximum Gasteiger partial charge on any atom is 0.195 e. The fourth-order valence-corrected chi connectivity index (χ4v) is 1.67. The number of H-pyrrole nitrogens is 1. The third kappa shape index (κ3) is 1.84. The van der Waals surface area contributed by atoms with Gasteiger partial charge in [-0.1, -0.05) is 0 Å². The fraction of sp³-hybridized carbons (Fsp3) is 0.667. The van der Waals surface area contributed by atoms with Crippen LogP contribution in [0.3, 0.4) is 0 Å². The number of rotatable bonds is 3. The van der Waals surface area contributed by atoms with Crippen LogP contribution in [0.5, 0.6) is 0 Å². The number of hydrogen-bond acceptors (Lipinski definition) is 3. The Morgan fingerprint density at radius 3 is 3.00 bits per heavy atom. The van der Waals surface area contributed by atoms with Crippen molar-refractivity contribution in [3.63, 3.8) is 0 Å². The number of thioether (sulfide) groups is 1. The molecule has 1 N–H and O–H groups in total. The molecular weight excluding hydrogens is 178 g/mol. The van der Waals surface area contributed by atoms with Crippen molar-refractivity contribution >= 4 is 24.0 Å². The van der Waals surface area contributed by atoms with E-state index in [9.17, 15) is 0 Å². The van der Waals surface area contributed by atoms with E-state index in [2.05, 4.69) is 23.4 Å². The second-order valence-electron chi connectivity index (χ2n) is 2.12. The number of hydrogen-bond donors (Lipinski definition) is 1. The summed E-state index contributed by atoms with van der Waals surface area (Å²) in [6, 6.07) is 0. The average Bonchev–Trinajstić information content (AvgIpc) is 2.33. The van der Waals surface area contributed by atoms with E-state index in [1.165, 1.54) is 0 Å². The lowest BCUT2D eigenvalue weighted by Crippen LogP contribution is -1.99. The Bertz CT molecular complexity index is 276. The molecule has 0 atom stereocenters. The molecule has 0 radical (unpaired) electrons. The van der Waals surface area contributed by atoms with Gasteiger partial charge in [0.25, 0.3) is 0 Å². The highest BCUT2D eigenvalue weighted by molar-refractivity contribution is 7.97. The van der Waals surface area contributed by atoms with E-state index < -0.39 is 0 Å². The van der Waals surface area contributed by atoms with Crippen molar-refractivity contribution in [3.8, 4) is 0 Å². The summed E-state index contributed by atoms with van der Waals surface area (Å²) in [5, 5.41) is 6.88. The maximum atomic E-state index is 5.02. The molecule has 0 aliphatic rings. The van der Waals surface area contributed by atoms with E-state index in [0.717, 1.165) is 22.9 Å². The zero-order valence-corrected chi connectivity index (χ0v) is 8.26. The summed E-state index contributed by atoms with van der Waals surface area (Å²) in [5.41, 5.74) is 0. The Labute approximate surface area is 75.2 Å². The van der Waals surface area contributed by atoms with Gasteiger partial charge in [0.15, 0.2) is 4.77 Å². The molecule has 0 spiro atoms. The van der Waals surface area contributed by atoms with Crippen molar-refractivity contribution < 1.29 is 0 Å². The first-order valence-electron chi connectivity index (χ1n) is 3.42. The Morgan fingerprint density at radius 2 is 2.45 bits per heavy atom. The highest BCUT2D eigenvalue weighted by Gasteiger charge is 2.01. The Hall–Kier alpha value is -0.290. The molecule has 0 saturated carbocycles. The van der Waals surface area contributed by atoms with E-state index in [1.54, 1.807) is 11.8 Å². The first kappa shape index (κ1) is 8.80. The van der Waals surface area contributed by atoms with E-state index in [-0.39, 0.29) is 0 Å². The molecule has 0 bridgehead atoms. The van der Waals surface area contributed by atoms with Crippen LogP contribution >= 0.6 is 24.0 Å². The van der Waals surface area contributed by atoms with Crippen molar-refractivity contribution in [2.75, 3.05) is 6.26 Å². The number of nitrogens with zero attached hydrogens (tertiary/aromatic N) is 2. The smallest absolute Gasteiger partial charge is 0.195 e. The molecule has 0 saturated heterocycles. The molecular formula is C6H11N3S2. The van der Waals surface area contributed by atoms with Gasteiger partial charge < -0.3 is 4.57 Å². The normalized spacial score (nSPS) is 10.4. The Kier molecular flexibility index (Phi) is 3.14. The highest BCUT2D eigenvalue weighted by atomic mass is 32.2. The zero-order chi connectivity index (χ0) is 8.27. The first-order valence-corrected chi connectivity index (χ1v) is 5.22. The molecule has 11 heavy (non-hydrogen) atoms. The van der Waals surface area contributed by atoms with Crippen molar-refractivity contribution in [2.45, 2.75) is 19.2 Å². The Morgan fingerprint density at radius 1 is 1.73 bits per heavy atom. The van der Waals surface area contributed by atoms with Gasteiger partial charge in [0.1, 0.15) is 5.82 Å². The summed E-state index contributed by atoms with van der Waals surface area (Å²) in [6.07, 6.45) is 2.05. The summed E-state index contributed by atoms with van der Waals surface area (Å²) in [6.45, 7) is 2.96. The molecule has 3 nitrogen and oxygen atoms in total. The second-order valence-corrected chi connectivity index (χ2v) is 3.37. The van der Waals surface area contributed by atoms with E-state index in [1.807, 2.05) is 4.57 Å². The van der Waals surface area contributed by atoms with Gasteiger partial charge in [0.2, 0.25) is 0 Å². The van der Waals surface area contributed by atoms with Gasteiger partial charge in [-0.2, -0.15) is 16.9 Å². The van der Waals surface area contributed by atoms with Crippen molar-refractivity contribution in [3.05, 3.63) is 10.6 Å². The van der Waals surface area contributed by atoms with Gasteiger partial charge in [0.05, 0.1) is 5.75 Å². The lowest BCUT2D eigenvalue weighted by molar-refractivity contribution is 0.716. The van der Waals surface area contributed by atoms with Gasteiger partial charge in [-0.05, 0) is 25.4 Å². The standard InChI is InChI=1S/C6H11N3S2/c1-3-9-5(4-11-2)7-8-6(9)10/h3-4H2,1-2H3,(H,8,10). The predicted molar refractivity (Wildman–Crippen MR) is 50.3 cm³/mol. The van der Waals surface area contributed by atoms with Crippen molar-refractivity contribution in [1.82, 2.24) is 14.8 Å². The van der Waals surface area contributed by atoms with Crippen LogP contribution < -0.4 is 0 Å². The minimum absolute atomic E-state index is 0.719. The third-order valence-corrected chi connectivity index (χ3v) is 2.29. The van der Waals surface area contributed by atoms with E-state index in [0.29, 0.717) is 0 Å². The zero-order valence-electron chi connectivity index (χ0n) is 6.63. The molecule has 0 amide bonds. The van der Waals surface area contributed by atoms with Crippen LogP contribution in [-0.2, 0) is 12.3 Å². The van der Waals surface area contributed by atoms with Crippen LogP contribution in [-0.4, -0.2) is 21.0 Å². The number of aromatic amines is 1. The van der Waals surface area contributed by atoms with Gasteiger partial charge in [-0.25, -0.2) is 0 Å². The number of nitrogens with one attached hydrogen (secondary N) is 1. The van der Waals surface area contributed by atoms with Crippen LogP contribution in [0.2, 0.25) is 0 Å². The van der Waals surface area contributed by atoms with Gasteiger partial charge in [-0.15, -0.1) is 0 Å². The molecule has 0 fully saturated rings. The van der Waals surface area contributed by atoms with Gasteiger partial charge in [-0.3, -0.25) is 5.10 Å². The maximum absolute atomic E-state index is 5.02. The Balaban J connectivity index is 2.96. The summed E-state index contributed by atoms with van der Waals surface area (Å²) in [7, 11) is 0. The molecule has 1 aromatic rings.